The Morgan fingerprint density at radius 2 is 1.59 bits per heavy atom. The van der Waals surface area contributed by atoms with Crippen molar-refractivity contribution < 1.29 is 18.0 Å². The lowest BCUT2D eigenvalue weighted by Crippen LogP contribution is -2.53. The summed E-state index contributed by atoms with van der Waals surface area (Å²) in [5.41, 5.74) is 0.850. The van der Waals surface area contributed by atoms with E-state index in [2.05, 4.69) is 5.32 Å². The number of nitrogens with zero attached hydrogens (tertiary/aromatic N) is 2. The summed E-state index contributed by atoms with van der Waals surface area (Å²) in [5, 5.41) is 3.81. The standard InChI is InChI=1S/C28H30Cl3N3O4S/c1-4-26(28(36)32-19(2)3)33(17-20-13-14-24(30)25(31)15-20)27(35)18-34(22-10-8-9-21(29)16-22)39(37,38)23-11-6-5-7-12-23/h5-16,19,26H,4,17-18H2,1-3H3,(H,32,36)/t26-/m0/s1. The van der Waals surface area contributed by atoms with E-state index >= 15 is 0 Å². The Labute approximate surface area is 244 Å². The first-order chi connectivity index (χ1) is 18.4. The summed E-state index contributed by atoms with van der Waals surface area (Å²) >= 11 is 18.5. The van der Waals surface area contributed by atoms with Crippen molar-refractivity contribution in [2.45, 2.75) is 50.7 Å². The summed E-state index contributed by atoms with van der Waals surface area (Å²) in [4.78, 5) is 28.5. The molecule has 0 bridgehead atoms. The van der Waals surface area contributed by atoms with Gasteiger partial charge in [-0.15, -0.1) is 0 Å². The molecule has 11 heteroatoms. The van der Waals surface area contributed by atoms with Crippen LogP contribution < -0.4 is 9.62 Å². The maximum Gasteiger partial charge on any atom is 0.264 e. The van der Waals surface area contributed by atoms with Crippen molar-refractivity contribution in [3.8, 4) is 0 Å². The Morgan fingerprint density at radius 3 is 2.18 bits per heavy atom. The molecule has 0 aliphatic rings. The highest BCUT2D eigenvalue weighted by Crippen LogP contribution is 2.28. The van der Waals surface area contributed by atoms with Crippen LogP contribution in [0.5, 0.6) is 0 Å². The van der Waals surface area contributed by atoms with Crippen LogP contribution in [0.15, 0.2) is 77.7 Å². The Morgan fingerprint density at radius 1 is 0.897 bits per heavy atom. The molecular formula is C28H30Cl3N3O4S. The van der Waals surface area contributed by atoms with Gasteiger partial charge in [0.2, 0.25) is 11.8 Å². The van der Waals surface area contributed by atoms with Crippen LogP contribution >= 0.6 is 34.8 Å². The molecule has 0 fully saturated rings. The lowest BCUT2D eigenvalue weighted by Gasteiger charge is -2.33. The third-order valence-electron chi connectivity index (χ3n) is 5.86. The normalized spacial score (nSPS) is 12.2. The zero-order valence-corrected chi connectivity index (χ0v) is 24.9. The van der Waals surface area contributed by atoms with E-state index in [0.717, 1.165) is 4.31 Å². The fourth-order valence-electron chi connectivity index (χ4n) is 4.01. The van der Waals surface area contributed by atoms with Crippen LogP contribution in [-0.4, -0.2) is 43.8 Å². The molecule has 0 radical (unpaired) electrons. The Hall–Kier alpha value is -2.78. The fraction of sp³-hybridized carbons (Fsp3) is 0.286. The summed E-state index contributed by atoms with van der Waals surface area (Å²) in [5.74, 6) is -0.924. The van der Waals surface area contributed by atoms with Crippen molar-refractivity contribution in [3.63, 3.8) is 0 Å². The van der Waals surface area contributed by atoms with Gasteiger partial charge in [0.25, 0.3) is 10.0 Å². The van der Waals surface area contributed by atoms with Gasteiger partial charge in [-0.3, -0.25) is 13.9 Å². The van der Waals surface area contributed by atoms with Crippen LogP contribution in [0.2, 0.25) is 15.1 Å². The molecule has 7 nitrogen and oxygen atoms in total. The van der Waals surface area contributed by atoms with E-state index in [1.165, 1.54) is 23.1 Å². The first-order valence-electron chi connectivity index (χ1n) is 12.3. The molecule has 3 aromatic rings. The number of anilines is 1. The Kier molecular flexibility index (Phi) is 10.7. The van der Waals surface area contributed by atoms with E-state index in [1.807, 2.05) is 13.8 Å². The molecule has 0 aliphatic carbocycles. The second kappa shape index (κ2) is 13.5. The lowest BCUT2D eigenvalue weighted by molar-refractivity contribution is -0.140. The summed E-state index contributed by atoms with van der Waals surface area (Å²) in [6, 6.07) is 18.0. The maximum atomic E-state index is 14.0. The smallest absolute Gasteiger partial charge is 0.264 e. The van der Waals surface area contributed by atoms with Crippen LogP contribution in [0.3, 0.4) is 0 Å². The molecule has 0 unspecified atom stereocenters. The largest absolute Gasteiger partial charge is 0.352 e. The number of halogens is 3. The predicted molar refractivity (Wildman–Crippen MR) is 157 cm³/mol. The fourth-order valence-corrected chi connectivity index (χ4v) is 5.95. The van der Waals surface area contributed by atoms with Crippen molar-refractivity contribution in [1.29, 1.82) is 0 Å². The number of carbonyl (C=O) groups excluding carboxylic acids is 2. The van der Waals surface area contributed by atoms with Crippen molar-refractivity contribution >= 4 is 62.3 Å². The van der Waals surface area contributed by atoms with Crippen molar-refractivity contribution in [1.82, 2.24) is 10.2 Å². The quantitative estimate of drug-likeness (QED) is 0.281. The molecule has 0 spiro atoms. The van der Waals surface area contributed by atoms with E-state index in [4.69, 9.17) is 34.8 Å². The third-order valence-corrected chi connectivity index (χ3v) is 8.62. The molecule has 1 atom stereocenters. The minimum absolute atomic E-state index is 0.00845. The average molecular weight is 611 g/mol. The van der Waals surface area contributed by atoms with Gasteiger partial charge in [-0.05, 0) is 68.3 Å². The second-order valence-electron chi connectivity index (χ2n) is 9.16. The monoisotopic (exact) mass is 609 g/mol. The highest BCUT2D eigenvalue weighted by atomic mass is 35.5. The molecular weight excluding hydrogens is 581 g/mol. The van der Waals surface area contributed by atoms with Crippen molar-refractivity contribution in [3.05, 3.63) is 93.4 Å². The molecule has 0 heterocycles. The van der Waals surface area contributed by atoms with Gasteiger partial charge in [0.1, 0.15) is 12.6 Å². The summed E-state index contributed by atoms with van der Waals surface area (Å²) < 4.78 is 28.5. The molecule has 0 aromatic heterocycles. The summed E-state index contributed by atoms with van der Waals surface area (Å²) in [6.07, 6.45) is 0.300. The first kappa shape index (κ1) is 30.8. The minimum atomic E-state index is -4.17. The first-order valence-corrected chi connectivity index (χ1v) is 14.9. The zero-order valence-electron chi connectivity index (χ0n) is 21.8. The molecule has 3 aromatic carbocycles. The van der Waals surface area contributed by atoms with Gasteiger partial charge >= 0.3 is 0 Å². The molecule has 1 N–H and O–H groups in total. The topological polar surface area (TPSA) is 86.8 Å². The van der Waals surface area contributed by atoms with Gasteiger partial charge in [-0.1, -0.05) is 72.1 Å². The zero-order chi connectivity index (χ0) is 28.7. The number of hydrogen-bond donors (Lipinski definition) is 1. The van der Waals surface area contributed by atoms with E-state index < -0.39 is 28.5 Å². The average Bonchev–Trinajstić information content (AvgIpc) is 2.89. The van der Waals surface area contributed by atoms with Crippen LogP contribution in [0.25, 0.3) is 0 Å². The number of carbonyl (C=O) groups is 2. The van der Waals surface area contributed by atoms with E-state index in [1.54, 1.807) is 61.5 Å². The highest BCUT2D eigenvalue weighted by molar-refractivity contribution is 7.92. The van der Waals surface area contributed by atoms with E-state index in [0.29, 0.717) is 27.1 Å². The SMILES string of the molecule is CC[C@@H](C(=O)NC(C)C)N(Cc1ccc(Cl)c(Cl)c1)C(=O)CN(c1cccc(Cl)c1)S(=O)(=O)c1ccccc1. The Balaban J connectivity index is 2.07. The number of hydrogen-bond acceptors (Lipinski definition) is 4. The molecule has 0 saturated heterocycles. The van der Waals surface area contributed by atoms with Gasteiger partial charge in [0.15, 0.2) is 0 Å². The number of sulfonamides is 1. The van der Waals surface area contributed by atoms with Gasteiger partial charge in [-0.2, -0.15) is 0 Å². The maximum absolute atomic E-state index is 14.0. The predicted octanol–water partition coefficient (Wildman–Crippen LogP) is 6.17. The van der Waals surface area contributed by atoms with Gasteiger partial charge < -0.3 is 10.2 Å². The number of benzene rings is 3. The lowest BCUT2D eigenvalue weighted by atomic mass is 10.1. The highest BCUT2D eigenvalue weighted by Gasteiger charge is 2.34. The molecule has 2 amide bonds. The van der Waals surface area contributed by atoms with Crippen molar-refractivity contribution in [2.75, 3.05) is 10.8 Å². The molecule has 0 aliphatic heterocycles. The minimum Gasteiger partial charge on any atom is -0.352 e. The second-order valence-corrected chi connectivity index (χ2v) is 12.3. The van der Waals surface area contributed by atoms with E-state index in [9.17, 15) is 18.0 Å². The van der Waals surface area contributed by atoms with Crippen LogP contribution in [0.1, 0.15) is 32.8 Å². The molecule has 208 valence electrons. The molecule has 3 rings (SSSR count). The van der Waals surface area contributed by atoms with E-state index in [-0.39, 0.29) is 29.1 Å². The summed E-state index contributed by atoms with van der Waals surface area (Å²) in [6.45, 7) is 4.88. The van der Waals surface area contributed by atoms with Gasteiger partial charge in [0.05, 0.1) is 20.6 Å². The van der Waals surface area contributed by atoms with Crippen LogP contribution in [-0.2, 0) is 26.2 Å². The third kappa shape index (κ3) is 7.88. The van der Waals surface area contributed by atoms with Gasteiger partial charge in [-0.25, -0.2) is 8.42 Å². The number of rotatable bonds is 11. The van der Waals surface area contributed by atoms with Crippen LogP contribution in [0, 0.1) is 0 Å². The van der Waals surface area contributed by atoms with Gasteiger partial charge in [0, 0.05) is 17.6 Å². The number of nitrogens with one attached hydrogen (secondary N) is 1. The Bertz CT molecular complexity index is 1420. The summed E-state index contributed by atoms with van der Waals surface area (Å²) in [7, 11) is -4.17. The number of amides is 2. The molecule has 0 saturated carbocycles. The molecule has 39 heavy (non-hydrogen) atoms. The van der Waals surface area contributed by atoms with Crippen LogP contribution in [0.4, 0.5) is 5.69 Å². The van der Waals surface area contributed by atoms with Crippen molar-refractivity contribution in [2.24, 2.45) is 0 Å².